The summed E-state index contributed by atoms with van der Waals surface area (Å²) in [6.45, 7) is 4.76. The number of nitrogens with zero attached hydrogens (tertiary/aromatic N) is 5. The van der Waals surface area contributed by atoms with E-state index in [9.17, 15) is 13.2 Å². The number of ether oxygens (including phenoxy) is 1. The normalized spacial score (nSPS) is 22.9. The molecule has 2 aliphatic heterocycles. The Bertz CT molecular complexity index is 1300. The number of methoxy groups -OCH3 is 1. The van der Waals surface area contributed by atoms with Crippen molar-refractivity contribution in [3.63, 3.8) is 0 Å². The highest BCUT2D eigenvalue weighted by atomic mass is 32.2. The lowest BCUT2D eigenvalue weighted by atomic mass is 9.95. The molecule has 1 fully saturated rings. The highest BCUT2D eigenvalue weighted by Gasteiger charge is 2.35. The lowest BCUT2D eigenvalue weighted by Gasteiger charge is -2.34. The zero-order valence-electron chi connectivity index (χ0n) is 19.1. The van der Waals surface area contributed by atoms with Crippen LogP contribution in [0.25, 0.3) is 11.0 Å². The molecule has 0 unspecified atom stereocenters. The molecule has 1 aromatic carbocycles. The van der Waals surface area contributed by atoms with Gasteiger partial charge >= 0.3 is 6.09 Å². The number of aromatic nitrogens is 4. The van der Waals surface area contributed by atoms with Crippen LogP contribution in [0.3, 0.4) is 0 Å². The topological polar surface area (TPSA) is 99.3 Å². The summed E-state index contributed by atoms with van der Waals surface area (Å²) >= 11 is 0. The van der Waals surface area contributed by atoms with Crippen LogP contribution in [-0.4, -0.2) is 58.5 Å². The molecule has 0 bridgehead atoms. The van der Waals surface area contributed by atoms with Gasteiger partial charge in [0.15, 0.2) is 9.84 Å². The number of rotatable bonds is 4. The van der Waals surface area contributed by atoms with Gasteiger partial charge in [0.05, 0.1) is 47.9 Å². The molecule has 0 aliphatic carbocycles. The minimum Gasteiger partial charge on any atom is -0.452 e. The molecule has 0 N–H and O–H groups in total. The van der Waals surface area contributed by atoms with E-state index in [0.717, 1.165) is 41.0 Å². The third-order valence-electron chi connectivity index (χ3n) is 6.89. The van der Waals surface area contributed by atoms with E-state index in [-0.39, 0.29) is 35.6 Å². The van der Waals surface area contributed by atoms with Gasteiger partial charge in [0.2, 0.25) is 0 Å². The van der Waals surface area contributed by atoms with Crippen LogP contribution in [0.2, 0.25) is 0 Å². The van der Waals surface area contributed by atoms with Gasteiger partial charge in [-0.3, -0.25) is 9.58 Å². The Hall–Kier alpha value is -2.88. The molecule has 2 aromatic heterocycles. The summed E-state index contributed by atoms with van der Waals surface area (Å²) in [5.74, 6) is 1.21. The van der Waals surface area contributed by atoms with E-state index in [2.05, 4.69) is 16.6 Å². The number of carbonyl (C=O) groups is 1. The van der Waals surface area contributed by atoms with Crippen molar-refractivity contribution in [3.05, 3.63) is 42.0 Å². The van der Waals surface area contributed by atoms with Crippen molar-refractivity contribution in [3.8, 4) is 0 Å². The summed E-state index contributed by atoms with van der Waals surface area (Å²) in [4.78, 5) is 19.3. The fourth-order valence-corrected chi connectivity index (χ4v) is 6.97. The molecular weight excluding hydrogens is 442 g/mol. The number of aryl methyl sites for hydroxylation is 1. The number of amides is 1. The van der Waals surface area contributed by atoms with E-state index in [0.29, 0.717) is 13.0 Å². The summed E-state index contributed by atoms with van der Waals surface area (Å²) in [6, 6.07) is 5.70. The minimum atomic E-state index is -3.07. The van der Waals surface area contributed by atoms with Gasteiger partial charge in [0.25, 0.3) is 0 Å². The molecule has 10 heteroatoms. The zero-order valence-corrected chi connectivity index (χ0v) is 20.0. The number of anilines is 1. The van der Waals surface area contributed by atoms with E-state index < -0.39 is 9.84 Å². The number of imidazole rings is 1. The van der Waals surface area contributed by atoms with Crippen molar-refractivity contribution in [2.45, 2.75) is 57.7 Å². The molecule has 5 rings (SSSR count). The highest BCUT2D eigenvalue weighted by Crippen LogP contribution is 2.40. The molecule has 0 radical (unpaired) electrons. The lowest BCUT2D eigenvalue weighted by molar-refractivity contribution is 0.175. The first kappa shape index (κ1) is 21.9. The van der Waals surface area contributed by atoms with Gasteiger partial charge in [0.1, 0.15) is 5.82 Å². The molecule has 0 saturated carbocycles. The Morgan fingerprint density at radius 2 is 2.12 bits per heavy atom. The maximum Gasteiger partial charge on any atom is 0.414 e. The van der Waals surface area contributed by atoms with Crippen molar-refractivity contribution >= 4 is 32.7 Å². The minimum absolute atomic E-state index is 0.0236. The van der Waals surface area contributed by atoms with Crippen molar-refractivity contribution in [2.75, 3.05) is 23.5 Å². The monoisotopic (exact) mass is 471 g/mol. The lowest BCUT2D eigenvalue weighted by Crippen LogP contribution is -2.42. The van der Waals surface area contributed by atoms with Crippen LogP contribution >= 0.6 is 0 Å². The van der Waals surface area contributed by atoms with Crippen molar-refractivity contribution < 1.29 is 17.9 Å². The Labute approximate surface area is 193 Å². The molecule has 3 atom stereocenters. The molecule has 176 valence electrons. The van der Waals surface area contributed by atoms with Crippen LogP contribution in [0.1, 0.15) is 50.0 Å². The van der Waals surface area contributed by atoms with Crippen LogP contribution < -0.4 is 4.90 Å². The maximum absolute atomic E-state index is 12.5. The number of fused-ring (bicyclic) bond motifs is 3. The first-order valence-electron chi connectivity index (χ1n) is 11.4. The predicted octanol–water partition coefficient (Wildman–Crippen LogP) is 3.30. The maximum atomic E-state index is 12.5. The predicted molar refractivity (Wildman–Crippen MR) is 125 cm³/mol. The molecule has 1 saturated heterocycles. The van der Waals surface area contributed by atoms with Gasteiger partial charge in [-0.05, 0) is 44.4 Å². The first-order valence-corrected chi connectivity index (χ1v) is 13.2. The van der Waals surface area contributed by atoms with E-state index in [1.807, 2.05) is 36.0 Å². The highest BCUT2D eigenvalue weighted by molar-refractivity contribution is 7.91. The van der Waals surface area contributed by atoms with Crippen molar-refractivity contribution in [1.82, 2.24) is 19.3 Å². The van der Waals surface area contributed by atoms with Gasteiger partial charge in [-0.1, -0.05) is 6.92 Å². The standard InChI is InChI=1S/C23H29N5O4S/c1-15(13-26-11-4-10-24-26)22-25-21-18-6-5-16(2)27(23(29)32-3)19(18)7-8-20(21)28(22)17-9-12-33(30,31)14-17/h4,7-8,10-11,15-17H,5-6,9,12-14H2,1-3H3/t15-,16-,17+/m0/s1. The van der Waals surface area contributed by atoms with Crippen LogP contribution in [-0.2, 0) is 27.5 Å². The summed E-state index contributed by atoms with van der Waals surface area (Å²) in [5, 5.41) is 4.33. The van der Waals surface area contributed by atoms with Gasteiger partial charge < -0.3 is 9.30 Å². The third-order valence-corrected chi connectivity index (χ3v) is 8.64. The van der Waals surface area contributed by atoms with Gasteiger partial charge in [-0.25, -0.2) is 18.2 Å². The number of sulfone groups is 1. The van der Waals surface area contributed by atoms with E-state index >= 15 is 0 Å². The van der Waals surface area contributed by atoms with Gasteiger partial charge in [0, 0.05) is 29.9 Å². The molecular formula is C23H29N5O4S. The second-order valence-corrected chi connectivity index (χ2v) is 11.4. The number of carbonyl (C=O) groups excluding carboxylic acids is 1. The third kappa shape index (κ3) is 3.80. The second-order valence-electron chi connectivity index (χ2n) is 9.18. The van der Waals surface area contributed by atoms with Crippen LogP contribution in [0.15, 0.2) is 30.6 Å². The van der Waals surface area contributed by atoms with Crippen LogP contribution in [0, 0.1) is 0 Å². The Morgan fingerprint density at radius 3 is 2.79 bits per heavy atom. The average molecular weight is 472 g/mol. The Balaban J connectivity index is 1.67. The second kappa shape index (κ2) is 8.16. The molecule has 33 heavy (non-hydrogen) atoms. The summed E-state index contributed by atoms with van der Waals surface area (Å²) < 4.78 is 33.7. The number of benzene rings is 1. The van der Waals surface area contributed by atoms with E-state index in [4.69, 9.17) is 9.72 Å². The van der Waals surface area contributed by atoms with Crippen LogP contribution in [0.4, 0.5) is 10.5 Å². The Kier molecular flexibility index (Phi) is 5.43. The van der Waals surface area contributed by atoms with Crippen LogP contribution in [0.5, 0.6) is 0 Å². The van der Waals surface area contributed by atoms with E-state index in [1.165, 1.54) is 7.11 Å². The summed E-state index contributed by atoms with van der Waals surface area (Å²) in [6.07, 6.45) is 5.48. The smallest absolute Gasteiger partial charge is 0.414 e. The zero-order chi connectivity index (χ0) is 23.3. The molecule has 2 aliphatic rings. The summed E-state index contributed by atoms with van der Waals surface area (Å²) in [7, 11) is -1.67. The molecule has 0 spiro atoms. The molecule has 9 nitrogen and oxygen atoms in total. The molecule has 4 heterocycles. The largest absolute Gasteiger partial charge is 0.452 e. The van der Waals surface area contributed by atoms with Crippen molar-refractivity contribution in [1.29, 1.82) is 0 Å². The quantitative estimate of drug-likeness (QED) is 0.579. The summed E-state index contributed by atoms with van der Waals surface area (Å²) in [5.41, 5.74) is 3.61. The molecule has 3 aromatic rings. The molecule has 1 amide bonds. The Morgan fingerprint density at radius 1 is 1.30 bits per heavy atom. The van der Waals surface area contributed by atoms with E-state index in [1.54, 1.807) is 11.1 Å². The SMILES string of the molecule is COC(=O)N1c2ccc3c(nc([C@@H](C)Cn4cccn4)n3[C@@H]3CCS(=O)(=O)C3)c2CC[C@@H]1C. The van der Waals surface area contributed by atoms with Gasteiger partial charge in [-0.2, -0.15) is 5.10 Å². The first-order chi connectivity index (χ1) is 15.8. The number of hydrogen-bond acceptors (Lipinski definition) is 6. The van der Waals surface area contributed by atoms with Gasteiger partial charge in [-0.15, -0.1) is 0 Å². The fourth-order valence-electron chi connectivity index (χ4n) is 5.27. The number of hydrogen-bond donors (Lipinski definition) is 0. The average Bonchev–Trinajstić information content (AvgIpc) is 3.51. The fraction of sp³-hybridized carbons (Fsp3) is 0.522. The van der Waals surface area contributed by atoms with Crippen molar-refractivity contribution in [2.24, 2.45) is 0 Å².